The molecule has 47 heavy (non-hydrogen) atoms. The topological polar surface area (TPSA) is 4.93 Å². The Bertz CT molecular complexity index is 2480. The van der Waals surface area contributed by atoms with Crippen molar-refractivity contribution in [1.82, 2.24) is 4.57 Å². The molecule has 0 unspecified atom stereocenters. The van der Waals surface area contributed by atoms with E-state index < -0.39 is 0 Å². The van der Waals surface area contributed by atoms with Gasteiger partial charge < -0.3 is 4.57 Å². The lowest BCUT2D eigenvalue weighted by molar-refractivity contribution is 0.656. The molecule has 224 valence electrons. The van der Waals surface area contributed by atoms with Gasteiger partial charge in [0.25, 0.3) is 0 Å². The second kappa shape index (κ2) is 10.7. The Morgan fingerprint density at radius 1 is 0.447 bits per heavy atom. The Kier molecular flexibility index (Phi) is 6.38. The van der Waals surface area contributed by atoms with Crippen molar-refractivity contribution >= 4 is 37.7 Å². The molecule has 1 heterocycles. The molecule has 1 aliphatic carbocycles. The molecule has 0 amide bonds. The highest BCUT2D eigenvalue weighted by atomic mass is 79.9. The smallest absolute Gasteiger partial charge is 0.0547 e. The van der Waals surface area contributed by atoms with Crippen LogP contribution in [0.5, 0.6) is 0 Å². The van der Waals surface area contributed by atoms with E-state index in [0.29, 0.717) is 0 Å². The highest BCUT2D eigenvalue weighted by Gasteiger charge is 2.38. The van der Waals surface area contributed by atoms with E-state index in [2.05, 4.69) is 192 Å². The van der Waals surface area contributed by atoms with Gasteiger partial charge in [-0.3, -0.25) is 0 Å². The summed E-state index contributed by atoms with van der Waals surface area (Å²) < 4.78 is 3.61. The van der Waals surface area contributed by atoms with Crippen molar-refractivity contribution in [2.75, 3.05) is 0 Å². The van der Waals surface area contributed by atoms with Crippen LogP contribution in [0.25, 0.3) is 72.0 Å². The van der Waals surface area contributed by atoms with E-state index in [1.807, 2.05) is 0 Å². The van der Waals surface area contributed by atoms with Crippen LogP contribution in [0.1, 0.15) is 25.0 Å². The number of aromatic nitrogens is 1. The maximum atomic E-state index is 3.58. The highest BCUT2D eigenvalue weighted by Crippen LogP contribution is 2.52. The van der Waals surface area contributed by atoms with Gasteiger partial charge >= 0.3 is 0 Å². The molecule has 7 aromatic carbocycles. The molecule has 1 aliphatic rings. The largest absolute Gasteiger partial charge is 0.309 e. The van der Waals surface area contributed by atoms with Crippen molar-refractivity contribution in [1.29, 1.82) is 0 Å². The third-order valence-electron chi connectivity index (χ3n) is 10.0. The van der Waals surface area contributed by atoms with Crippen LogP contribution in [0.15, 0.2) is 162 Å². The number of rotatable bonds is 4. The highest BCUT2D eigenvalue weighted by molar-refractivity contribution is 9.10. The van der Waals surface area contributed by atoms with Crippen LogP contribution in [0.3, 0.4) is 0 Å². The molecule has 0 radical (unpaired) electrons. The molecular formula is C45H32BrN. The second-order valence-corrected chi connectivity index (χ2v) is 14.0. The van der Waals surface area contributed by atoms with Crippen LogP contribution in [0, 0.1) is 0 Å². The molecule has 0 spiro atoms. The fourth-order valence-corrected chi connectivity index (χ4v) is 8.06. The van der Waals surface area contributed by atoms with E-state index in [9.17, 15) is 0 Å². The van der Waals surface area contributed by atoms with Gasteiger partial charge in [-0.05, 0) is 98.1 Å². The van der Waals surface area contributed by atoms with Gasteiger partial charge in [0.05, 0.1) is 16.7 Å². The summed E-state index contributed by atoms with van der Waals surface area (Å²) in [5, 5.41) is 2.53. The lowest BCUT2D eigenvalue weighted by Crippen LogP contribution is -2.18. The molecule has 1 nitrogen and oxygen atoms in total. The number of benzene rings is 7. The fourth-order valence-electron chi connectivity index (χ4n) is 7.80. The summed E-state index contributed by atoms with van der Waals surface area (Å²) in [7, 11) is 0. The fraction of sp³-hybridized carbons (Fsp3) is 0.0667. The number of halogens is 1. The Labute approximate surface area is 283 Å². The molecule has 0 aliphatic heterocycles. The van der Waals surface area contributed by atoms with Crippen molar-refractivity contribution in [3.63, 3.8) is 0 Å². The predicted octanol–water partition coefficient (Wildman–Crippen LogP) is 12.9. The summed E-state index contributed by atoms with van der Waals surface area (Å²) in [6.07, 6.45) is 0. The van der Waals surface area contributed by atoms with Crippen molar-refractivity contribution in [2.24, 2.45) is 0 Å². The third kappa shape index (κ3) is 4.43. The van der Waals surface area contributed by atoms with Gasteiger partial charge in [-0.1, -0.05) is 145 Å². The first-order valence-electron chi connectivity index (χ1n) is 16.2. The Morgan fingerprint density at radius 3 is 1.87 bits per heavy atom. The van der Waals surface area contributed by atoms with E-state index in [0.717, 1.165) is 4.47 Å². The molecule has 0 bridgehead atoms. The molecule has 2 heteroatoms. The number of nitrogens with zero attached hydrogens (tertiary/aromatic N) is 1. The SMILES string of the molecule is CC1(C)c2ccccc2-c2cccc(-n3c4ccc(-c5ccccc5)cc4c4ccc(-c5cccc(-c6ccc(Br)cc6)c5)cc43)c21. The lowest BCUT2D eigenvalue weighted by Gasteiger charge is -2.25. The zero-order valence-corrected chi connectivity index (χ0v) is 27.9. The molecule has 0 saturated heterocycles. The summed E-state index contributed by atoms with van der Waals surface area (Å²) in [6.45, 7) is 4.75. The predicted molar refractivity (Wildman–Crippen MR) is 202 cm³/mol. The first-order chi connectivity index (χ1) is 23.0. The van der Waals surface area contributed by atoms with Gasteiger partial charge in [-0.2, -0.15) is 0 Å². The Balaban J connectivity index is 1.31. The Hall–Kier alpha value is -5.18. The van der Waals surface area contributed by atoms with Gasteiger partial charge in [0.2, 0.25) is 0 Å². The standard InChI is InChI=1S/C45H32BrN/c1-45(2)40-16-7-6-14-36(40)38-15-9-17-42(44(38)45)47-41-25-21-33(29-10-4-3-5-11-29)27-39(41)37-24-20-34(28-43(37)47)32-13-8-12-31(26-32)30-18-22-35(46)23-19-30/h3-28H,1-2H3. The average Bonchev–Trinajstić information content (AvgIpc) is 3.57. The van der Waals surface area contributed by atoms with E-state index in [-0.39, 0.29) is 5.41 Å². The summed E-state index contributed by atoms with van der Waals surface area (Å²) in [5.41, 5.74) is 16.3. The number of hydrogen-bond acceptors (Lipinski definition) is 0. The van der Waals surface area contributed by atoms with Crippen LogP contribution in [-0.4, -0.2) is 4.57 Å². The van der Waals surface area contributed by atoms with E-state index in [1.165, 1.54) is 83.1 Å². The van der Waals surface area contributed by atoms with Crippen molar-refractivity contribution in [3.8, 4) is 50.2 Å². The maximum absolute atomic E-state index is 3.58. The Morgan fingerprint density at radius 2 is 1.04 bits per heavy atom. The van der Waals surface area contributed by atoms with Gasteiger partial charge in [0.1, 0.15) is 0 Å². The monoisotopic (exact) mass is 665 g/mol. The van der Waals surface area contributed by atoms with Gasteiger partial charge in [0.15, 0.2) is 0 Å². The molecule has 1 aromatic heterocycles. The first kappa shape index (κ1) is 28.1. The minimum atomic E-state index is -0.133. The quantitative estimate of drug-likeness (QED) is 0.176. The van der Waals surface area contributed by atoms with E-state index in [1.54, 1.807) is 0 Å². The minimum Gasteiger partial charge on any atom is -0.309 e. The van der Waals surface area contributed by atoms with Crippen molar-refractivity contribution in [2.45, 2.75) is 19.3 Å². The summed E-state index contributed by atoms with van der Waals surface area (Å²) in [5.74, 6) is 0. The van der Waals surface area contributed by atoms with Gasteiger partial charge in [-0.25, -0.2) is 0 Å². The van der Waals surface area contributed by atoms with Crippen LogP contribution >= 0.6 is 15.9 Å². The van der Waals surface area contributed by atoms with Crippen molar-refractivity contribution in [3.05, 3.63) is 173 Å². The van der Waals surface area contributed by atoms with Crippen LogP contribution < -0.4 is 0 Å². The van der Waals surface area contributed by atoms with Crippen LogP contribution in [0.4, 0.5) is 0 Å². The van der Waals surface area contributed by atoms with E-state index in [4.69, 9.17) is 0 Å². The third-order valence-corrected chi connectivity index (χ3v) is 10.6. The molecule has 8 aromatic rings. The molecule has 0 fully saturated rings. The summed E-state index contributed by atoms with van der Waals surface area (Å²) >= 11 is 3.58. The van der Waals surface area contributed by atoms with E-state index >= 15 is 0 Å². The maximum Gasteiger partial charge on any atom is 0.0547 e. The summed E-state index contributed by atoms with van der Waals surface area (Å²) in [6, 6.07) is 57.9. The summed E-state index contributed by atoms with van der Waals surface area (Å²) in [4.78, 5) is 0. The first-order valence-corrected chi connectivity index (χ1v) is 17.0. The zero-order valence-electron chi connectivity index (χ0n) is 26.3. The van der Waals surface area contributed by atoms with Crippen molar-refractivity contribution < 1.29 is 0 Å². The molecule has 0 atom stereocenters. The van der Waals surface area contributed by atoms with Gasteiger partial charge in [0, 0.05) is 20.7 Å². The van der Waals surface area contributed by atoms with Crippen LogP contribution in [-0.2, 0) is 5.41 Å². The molecule has 0 N–H and O–H groups in total. The molecule has 0 saturated carbocycles. The normalized spacial score (nSPS) is 13.2. The number of fused-ring (bicyclic) bond motifs is 6. The minimum absolute atomic E-state index is 0.133. The average molecular weight is 667 g/mol. The number of hydrogen-bond donors (Lipinski definition) is 0. The van der Waals surface area contributed by atoms with Crippen LogP contribution in [0.2, 0.25) is 0 Å². The van der Waals surface area contributed by atoms with Gasteiger partial charge in [-0.15, -0.1) is 0 Å². The molecular weight excluding hydrogens is 634 g/mol. The second-order valence-electron chi connectivity index (χ2n) is 13.1. The zero-order chi connectivity index (χ0) is 31.7. The lowest BCUT2D eigenvalue weighted by atomic mass is 9.81. The molecule has 9 rings (SSSR count).